The first-order valence-corrected chi connectivity index (χ1v) is 7.05. The molecule has 1 rings (SSSR count). The van der Waals surface area contributed by atoms with E-state index in [4.69, 9.17) is 4.74 Å². The standard InChI is InChI=1S/C15H29BO/c1-7-9-17-12-10-13(3,4)11-14(12,5)15(6,16)8-2/h10H,7-9,11,16H2,1-6H3. The largest absolute Gasteiger partial charge is 0.498 e. The van der Waals surface area contributed by atoms with Crippen molar-refractivity contribution in [3.63, 3.8) is 0 Å². The van der Waals surface area contributed by atoms with E-state index < -0.39 is 0 Å². The van der Waals surface area contributed by atoms with Crippen LogP contribution in [0.15, 0.2) is 11.8 Å². The zero-order valence-electron chi connectivity index (χ0n) is 12.8. The van der Waals surface area contributed by atoms with Crippen molar-refractivity contribution < 1.29 is 4.74 Å². The van der Waals surface area contributed by atoms with Crippen molar-refractivity contribution in [1.29, 1.82) is 0 Å². The molecule has 0 bridgehead atoms. The maximum Gasteiger partial charge on any atom is 0.110 e. The van der Waals surface area contributed by atoms with Crippen LogP contribution in [0.2, 0.25) is 5.31 Å². The van der Waals surface area contributed by atoms with Crippen molar-refractivity contribution >= 4 is 7.85 Å². The lowest BCUT2D eigenvalue weighted by molar-refractivity contribution is 0.101. The first kappa shape index (κ1) is 14.7. The van der Waals surface area contributed by atoms with Crippen molar-refractivity contribution in [3.8, 4) is 0 Å². The molecule has 98 valence electrons. The predicted molar refractivity (Wildman–Crippen MR) is 78.0 cm³/mol. The van der Waals surface area contributed by atoms with Gasteiger partial charge in [-0.2, -0.15) is 0 Å². The van der Waals surface area contributed by atoms with Crippen LogP contribution >= 0.6 is 0 Å². The number of allylic oxidation sites excluding steroid dienone is 2. The van der Waals surface area contributed by atoms with E-state index >= 15 is 0 Å². The number of hydrogen-bond acceptors (Lipinski definition) is 1. The molecule has 1 aliphatic rings. The molecule has 0 saturated heterocycles. The fourth-order valence-electron chi connectivity index (χ4n) is 2.94. The quantitative estimate of drug-likeness (QED) is 0.656. The molecule has 0 aromatic carbocycles. The van der Waals surface area contributed by atoms with Crippen LogP contribution in [0, 0.1) is 10.8 Å². The lowest BCUT2D eigenvalue weighted by atomic mass is 9.51. The lowest BCUT2D eigenvalue weighted by Crippen LogP contribution is -2.34. The minimum atomic E-state index is 0.181. The molecule has 0 aromatic rings. The van der Waals surface area contributed by atoms with E-state index in [2.05, 4.69) is 55.5 Å². The van der Waals surface area contributed by atoms with E-state index in [1.165, 1.54) is 18.6 Å². The third-order valence-electron chi connectivity index (χ3n) is 4.71. The second-order valence-corrected chi connectivity index (χ2v) is 7.09. The van der Waals surface area contributed by atoms with Crippen molar-refractivity contribution in [2.24, 2.45) is 10.8 Å². The summed E-state index contributed by atoms with van der Waals surface area (Å²) in [4.78, 5) is 0. The molecule has 0 heterocycles. The Hall–Kier alpha value is -0.395. The lowest BCUT2D eigenvalue weighted by Gasteiger charge is -2.44. The smallest absolute Gasteiger partial charge is 0.110 e. The molecule has 2 atom stereocenters. The van der Waals surface area contributed by atoms with Crippen molar-refractivity contribution in [3.05, 3.63) is 11.8 Å². The number of rotatable bonds is 5. The Labute approximate surface area is 108 Å². The van der Waals surface area contributed by atoms with Gasteiger partial charge in [0.1, 0.15) is 7.85 Å². The third-order valence-corrected chi connectivity index (χ3v) is 4.71. The van der Waals surface area contributed by atoms with Gasteiger partial charge in [0.25, 0.3) is 0 Å². The molecule has 0 spiro atoms. The van der Waals surface area contributed by atoms with Crippen molar-refractivity contribution in [2.75, 3.05) is 6.61 Å². The Balaban J connectivity index is 3.03. The van der Waals surface area contributed by atoms with E-state index in [0.717, 1.165) is 13.0 Å². The Morgan fingerprint density at radius 3 is 2.41 bits per heavy atom. The normalized spacial score (nSPS) is 30.8. The number of ether oxygens (including phenoxy) is 1. The predicted octanol–water partition coefficient (Wildman–Crippen LogP) is 3.95. The highest BCUT2D eigenvalue weighted by atomic mass is 16.5. The highest BCUT2D eigenvalue weighted by Gasteiger charge is 2.50. The monoisotopic (exact) mass is 236 g/mol. The number of hydrogen-bond donors (Lipinski definition) is 0. The van der Waals surface area contributed by atoms with Crippen LogP contribution in [0.5, 0.6) is 0 Å². The summed E-state index contributed by atoms with van der Waals surface area (Å²) in [5.74, 6) is 1.23. The maximum atomic E-state index is 6.05. The highest BCUT2D eigenvalue weighted by Crippen LogP contribution is 2.61. The second-order valence-electron chi connectivity index (χ2n) is 7.09. The third kappa shape index (κ3) is 2.72. The summed E-state index contributed by atoms with van der Waals surface area (Å²) < 4.78 is 6.05. The SMILES string of the molecule is BC(C)(CC)C1(C)CC(C)(C)C=C1OCCC. The minimum absolute atomic E-state index is 0.181. The summed E-state index contributed by atoms with van der Waals surface area (Å²) in [6, 6.07) is 0. The fourth-order valence-corrected chi connectivity index (χ4v) is 2.94. The fraction of sp³-hybridized carbons (Fsp3) is 0.867. The molecule has 0 fully saturated rings. The maximum absolute atomic E-state index is 6.05. The molecule has 0 N–H and O–H groups in total. The van der Waals surface area contributed by atoms with Crippen molar-refractivity contribution in [2.45, 2.75) is 66.1 Å². The molecule has 2 unspecified atom stereocenters. The molecule has 1 aliphatic carbocycles. The topological polar surface area (TPSA) is 9.23 Å². The minimum Gasteiger partial charge on any atom is -0.498 e. The van der Waals surface area contributed by atoms with Gasteiger partial charge in [-0.25, -0.2) is 0 Å². The zero-order valence-corrected chi connectivity index (χ0v) is 12.8. The van der Waals surface area contributed by atoms with E-state index in [-0.39, 0.29) is 10.8 Å². The molecular weight excluding hydrogens is 207 g/mol. The van der Waals surface area contributed by atoms with E-state index in [9.17, 15) is 0 Å². The molecule has 0 aromatic heterocycles. The molecule has 0 saturated carbocycles. The molecule has 17 heavy (non-hydrogen) atoms. The first-order valence-electron chi connectivity index (χ1n) is 7.05. The van der Waals surface area contributed by atoms with Gasteiger partial charge in [-0.15, -0.1) is 0 Å². The van der Waals surface area contributed by atoms with E-state index in [1.807, 2.05) is 0 Å². The van der Waals surface area contributed by atoms with Gasteiger partial charge < -0.3 is 4.74 Å². The van der Waals surface area contributed by atoms with Gasteiger partial charge in [-0.05, 0) is 29.6 Å². The molecule has 0 amide bonds. The summed E-state index contributed by atoms with van der Waals surface area (Å²) >= 11 is 0. The molecule has 1 nitrogen and oxygen atoms in total. The van der Waals surface area contributed by atoms with Crippen LogP contribution in [0.25, 0.3) is 0 Å². The average molecular weight is 236 g/mol. The first-order chi connectivity index (χ1) is 7.68. The molecule has 2 heteroatoms. The highest BCUT2D eigenvalue weighted by molar-refractivity contribution is 6.15. The molecule has 0 radical (unpaired) electrons. The van der Waals surface area contributed by atoms with Crippen LogP contribution in [0.4, 0.5) is 0 Å². The zero-order chi connectivity index (χ0) is 13.3. The Bertz CT molecular complexity index is 304. The van der Waals surface area contributed by atoms with E-state index in [0.29, 0.717) is 5.31 Å². The van der Waals surface area contributed by atoms with Gasteiger partial charge in [-0.3, -0.25) is 0 Å². The van der Waals surface area contributed by atoms with Crippen LogP contribution in [-0.2, 0) is 4.74 Å². The van der Waals surface area contributed by atoms with Crippen molar-refractivity contribution in [1.82, 2.24) is 0 Å². The van der Waals surface area contributed by atoms with Gasteiger partial charge in [0.15, 0.2) is 0 Å². The van der Waals surface area contributed by atoms with Gasteiger partial charge in [0.05, 0.1) is 12.4 Å². The van der Waals surface area contributed by atoms with Gasteiger partial charge in [0.2, 0.25) is 0 Å². The second kappa shape index (κ2) is 4.70. The van der Waals surface area contributed by atoms with Gasteiger partial charge >= 0.3 is 0 Å². The van der Waals surface area contributed by atoms with E-state index in [1.54, 1.807) is 0 Å². The molecule has 0 aliphatic heterocycles. The summed E-state index contributed by atoms with van der Waals surface area (Å²) in [5, 5.41) is 0.292. The Kier molecular flexibility index (Phi) is 4.06. The summed E-state index contributed by atoms with van der Waals surface area (Å²) in [7, 11) is 2.37. The summed E-state index contributed by atoms with van der Waals surface area (Å²) in [6.07, 6.45) is 5.83. The van der Waals surface area contributed by atoms with Crippen LogP contribution in [0.3, 0.4) is 0 Å². The summed E-state index contributed by atoms with van der Waals surface area (Å²) in [5.41, 5.74) is 0.449. The van der Waals surface area contributed by atoms with Crippen LogP contribution in [0.1, 0.15) is 60.8 Å². The average Bonchev–Trinajstić information content (AvgIpc) is 2.47. The summed E-state index contributed by atoms with van der Waals surface area (Å²) in [6.45, 7) is 14.7. The van der Waals surface area contributed by atoms with Gasteiger partial charge in [-0.1, -0.05) is 48.0 Å². The Morgan fingerprint density at radius 1 is 1.35 bits per heavy atom. The Morgan fingerprint density at radius 2 is 1.94 bits per heavy atom. The van der Waals surface area contributed by atoms with Crippen LogP contribution < -0.4 is 0 Å². The van der Waals surface area contributed by atoms with Crippen LogP contribution in [-0.4, -0.2) is 14.5 Å². The van der Waals surface area contributed by atoms with Gasteiger partial charge in [0, 0.05) is 5.41 Å². The molecular formula is C15H29BO.